The molecule has 0 saturated heterocycles. The van der Waals surface area contributed by atoms with Crippen molar-refractivity contribution in [2.45, 2.75) is 38.1 Å². The minimum absolute atomic E-state index is 0.0304. The van der Waals surface area contributed by atoms with Gasteiger partial charge in [0.1, 0.15) is 6.04 Å². The lowest BCUT2D eigenvalue weighted by atomic mass is 10.2. The summed E-state index contributed by atoms with van der Waals surface area (Å²) in [6, 6.07) is -1.14. The molecule has 0 aromatic carbocycles. The Hall–Kier alpha value is -1.42. The van der Waals surface area contributed by atoms with E-state index in [2.05, 4.69) is 9.68 Å². The van der Waals surface area contributed by atoms with E-state index < -0.39 is 28.8 Å². The Balaban J connectivity index is 3.62. The van der Waals surface area contributed by atoms with E-state index in [4.69, 9.17) is 36.0 Å². The van der Waals surface area contributed by atoms with Gasteiger partial charge in [-0.25, -0.2) is 0 Å². The van der Waals surface area contributed by atoms with Crippen LogP contribution in [-0.2, 0) is 28.7 Å². The monoisotopic (exact) mass is 371 g/mol. The molecule has 0 aliphatic carbocycles. The van der Waals surface area contributed by atoms with Crippen LogP contribution in [0.3, 0.4) is 0 Å². The lowest BCUT2D eigenvalue weighted by Gasteiger charge is -2.12. The van der Waals surface area contributed by atoms with Gasteiger partial charge in [-0.15, -0.1) is 0 Å². The zero-order valence-electron chi connectivity index (χ0n) is 13.7. The number of ether oxygens (including phenoxy) is 2. The topological polar surface area (TPSA) is 184 Å². The van der Waals surface area contributed by atoms with Crippen LogP contribution >= 0.6 is 0 Å². The average molecular weight is 371 g/mol. The second-order valence-corrected chi connectivity index (χ2v) is 4.78. The predicted octanol–water partition coefficient (Wildman–Crippen LogP) is -0.625. The van der Waals surface area contributed by atoms with Gasteiger partial charge >= 0.3 is 11.9 Å². The Labute approximate surface area is 143 Å². The van der Waals surface area contributed by atoms with Crippen LogP contribution in [0.2, 0.25) is 0 Å². The second kappa shape index (κ2) is 14.9. The maximum Gasteiger partial charge on any atom is 0.323 e. The molecule has 0 aliphatic rings. The molecule has 0 aromatic heterocycles. The fraction of sp³-hybridized carbons (Fsp3) is 0.833. The maximum absolute atomic E-state index is 11.6. The van der Waals surface area contributed by atoms with E-state index >= 15 is 0 Å². The predicted molar refractivity (Wildman–Crippen MR) is 75.7 cm³/mol. The third-order valence-electron chi connectivity index (χ3n) is 2.69. The Morgan fingerprint density at radius 3 is 1.72 bits per heavy atom. The summed E-state index contributed by atoms with van der Waals surface area (Å²) < 4.78 is 9.72. The number of unbranched alkanes of at least 4 members (excludes halogenated alkanes) is 2. The summed E-state index contributed by atoms with van der Waals surface area (Å²) >= 11 is 0. The minimum atomic E-state index is -1.14. The van der Waals surface area contributed by atoms with Crippen LogP contribution in [0.4, 0.5) is 0 Å². The van der Waals surface area contributed by atoms with Crippen molar-refractivity contribution in [3.63, 3.8) is 0 Å². The molecule has 0 aromatic rings. The normalized spacial score (nSPS) is 12.4. The van der Waals surface area contributed by atoms with Crippen molar-refractivity contribution >= 4 is 11.9 Å². The number of nitrogens with two attached hydrogens (primary N) is 1. The summed E-state index contributed by atoms with van der Waals surface area (Å²) in [4.78, 5) is 31.6. The Bertz CT molecular complexity index is 369. The summed E-state index contributed by atoms with van der Waals surface area (Å²) in [5, 5.41) is 32.3. The van der Waals surface area contributed by atoms with Crippen molar-refractivity contribution in [2.24, 2.45) is 5.73 Å². The van der Waals surface area contributed by atoms with Crippen molar-refractivity contribution in [2.75, 3.05) is 26.4 Å². The van der Waals surface area contributed by atoms with E-state index in [0.717, 1.165) is 0 Å². The van der Waals surface area contributed by atoms with E-state index in [9.17, 15) is 9.59 Å². The second-order valence-electron chi connectivity index (χ2n) is 4.78. The van der Waals surface area contributed by atoms with Crippen molar-refractivity contribution < 1.29 is 49.6 Å². The minimum Gasteiger partial charge on any atom is -0.466 e. The molecule has 1 unspecified atom stereocenters. The lowest BCUT2D eigenvalue weighted by molar-refractivity contribution is -0.492. The molecular weight excluding hydrogens is 346 g/mol. The van der Waals surface area contributed by atoms with Crippen LogP contribution < -0.4 is 5.73 Å². The highest BCUT2D eigenvalue weighted by Gasteiger charge is 2.19. The van der Waals surface area contributed by atoms with E-state index in [1.54, 1.807) is 0 Å². The van der Waals surface area contributed by atoms with Gasteiger partial charge in [0.2, 0.25) is 0 Å². The zero-order chi connectivity index (χ0) is 19.1. The van der Waals surface area contributed by atoms with Crippen LogP contribution in [0.25, 0.3) is 0 Å². The van der Waals surface area contributed by atoms with Gasteiger partial charge in [0.15, 0.2) is 0 Å². The van der Waals surface area contributed by atoms with Gasteiger partial charge < -0.3 is 15.2 Å². The van der Waals surface area contributed by atoms with Crippen LogP contribution in [-0.4, -0.2) is 76.0 Å². The van der Waals surface area contributed by atoms with Gasteiger partial charge in [0.05, 0.1) is 43.6 Å². The zero-order valence-corrected chi connectivity index (χ0v) is 13.7. The molecule has 0 aliphatic heterocycles. The Kier molecular flexibility index (Phi) is 14.0. The van der Waals surface area contributed by atoms with Crippen molar-refractivity contribution in [1.82, 2.24) is 10.8 Å². The molecule has 0 rings (SSSR count). The van der Waals surface area contributed by atoms with Gasteiger partial charge in [-0.2, -0.15) is 0 Å². The van der Waals surface area contributed by atoms with Crippen molar-refractivity contribution in [3.05, 3.63) is 0 Å². The maximum atomic E-state index is 11.6. The number of carbonyl (C=O) groups excluding carboxylic acids is 2. The summed E-state index contributed by atoms with van der Waals surface area (Å²) in [5.41, 5.74) is 5.53. The molecule has 148 valence electrons. The molecule has 6 N–H and O–H groups in total. The molecule has 1 atom stereocenters. The van der Waals surface area contributed by atoms with E-state index in [0.29, 0.717) is 25.7 Å². The molecule has 0 amide bonds. The summed E-state index contributed by atoms with van der Waals surface area (Å²) in [6.45, 7) is 0.195. The molecule has 13 nitrogen and oxygen atoms in total. The van der Waals surface area contributed by atoms with E-state index in [-0.39, 0.29) is 32.8 Å². The first-order chi connectivity index (χ1) is 11.8. The van der Waals surface area contributed by atoms with Crippen LogP contribution in [0.1, 0.15) is 32.1 Å². The molecule has 25 heavy (non-hydrogen) atoms. The van der Waals surface area contributed by atoms with Gasteiger partial charge in [-0.3, -0.25) is 40.1 Å². The largest absolute Gasteiger partial charge is 0.466 e. The fourth-order valence-corrected chi connectivity index (χ4v) is 1.49. The highest BCUT2D eigenvalue weighted by atomic mass is 17.1. The van der Waals surface area contributed by atoms with E-state index in [1.807, 2.05) is 0 Å². The molecule has 0 fully saturated rings. The third kappa shape index (κ3) is 15.8. The average Bonchev–Trinajstić information content (AvgIpc) is 2.53. The van der Waals surface area contributed by atoms with Gasteiger partial charge in [-0.05, 0) is 25.7 Å². The first-order valence-corrected chi connectivity index (χ1v) is 7.52. The van der Waals surface area contributed by atoms with Crippen molar-refractivity contribution in [1.29, 1.82) is 0 Å². The van der Waals surface area contributed by atoms with Crippen LogP contribution in [0, 0.1) is 0 Å². The van der Waals surface area contributed by atoms with Crippen molar-refractivity contribution in [3.8, 4) is 0 Å². The lowest BCUT2D eigenvalue weighted by Crippen LogP contribution is -2.35. The highest BCUT2D eigenvalue weighted by Crippen LogP contribution is 2.00. The quantitative estimate of drug-likeness (QED) is 0.139. The standard InChI is InChI=1S/C12H25N3O10/c13-10(12(17)23-6-2-4-8-25-15(20)21)9-11(16)22-5-1-3-7-24-14(18)19/h10,18-21H,1-9,13H2. The van der Waals surface area contributed by atoms with E-state index in [1.165, 1.54) is 0 Å². The number of esters is 2. The number of carbonyl (C=O) groups is 2. The number of rotatable bonds is 15. The first kappa shape index (κ1) is 23.6. The molecule has 0 radical (unpaired) electrons. The van der Waals surface area contributed by atoms with Gasteiger partial charge in [0.25, 0.3) is 0 Å². The Morgan fingerprint density at radius 1 is 0.800 bits per heavy atom. The molecular formula is C12H25N3O10. The molecule has 0 bridgehead atoms. The third-order valence-corrected chi connectivity index (χ3v) is 2.69. The first-order valence-electron chi connectivity index (χ1n) is 7.52. The van der Waals surface area contributed by atoms with Crippen LogP contribution in [0.15, 0.2) is 0 Å². The van der Waals surface area contributed by atoms with Gasteiger partial charge in [0, 0.05) is 0 Å². The molecule has 0 heterocycles. The highest BCUT2D eigenvalue weighted by molar-refractivity contribution is 5.82. The SMILES string of the molecule is NC(CC(=O)OCCCCON(O)O)C(=O)OCCCCON(O)O. The molecule has 13 heteroatoms. The summed E-state index contributed by atoms with van der Waals surface area (Å²) in [5.74, 6) is -1.40. The number of hydrogen-bond acceptors (Lipinski definition) is 13. The number of hydrogen-bond donors (Lipinski definition) is 5. The molecule has 0 saturated carbocycles. The fourth-order valence-electron chi connectivity index (χ4n) is 1.49. The Morgan fingerprint density at radius 2 is 1.24 bits per heavy atom. The molecule has 0 spiro atoms. The smallest absolute Gasteiger partial charge is 0.323 e. The van der Waals surface area contributed by atoms with Crippen LogP contribution in [0.5, 0.6) is 0 Å². The summed E-state index contributed by atoms with van der Waals surface area (Å²) in [6.07, 6.45) is 1.35. The summed E-state index contributed by atoms with van der Waals surface area (Å²) in [7, 11) is 0. The number of nitrogens with zero attached hydrogens (tertiary/aromatic N) is 2. The van der Waals surface area contributed by atoms with Gasteiger partial charge in [-0.1, -0.05) is 0 Å².